The van der Waals surface area contributed by atoms with E-state index >= 15 is 0 Å². The molecule has 0 spiro atoms. The minimum Gasteiger partial charge on any atom is -0.488 e. The summed E-state index contributed by atoms with van der Waals surface area (Å²) < 4.78 is 27.1. The minimum atomic E-state index is -0.801. The van der Waals surface area contributed by atoms with Crippen LogP contribution in [0, 0.1) is 0 Å². The zero-order chi connectivity index (χ0) is 22.4. The Labute approximate surface area is 180 Å². The highest BCUT2D eigenvalue weighted by molar-refractivity contribution is 6.00. The fourth-order valence-electron chi connectivity index (χ4n) is 2.82. The van der Waals surface area contributed by atoms with Crippen molar-refractivity contribution >= 4 is 17.7 Å². The number of esters is 1. The minimum absolute atomic E-state index is 0.106. The zero-order valence-corrected chi connectivity index (χ0v) is 17.8. The highest BCUT2D eigenvalue weighted by Gasteiger charge is 2.27. The number of amides is 1. The topological polar surface area (TPSA) is 92.3 Å². The molecule has 0 unspecified atom stereocenters. The van der Waals surface area contributed by atoms with Crippen LogP contribution < -0.4 is 10.1 Å². The molecule has 2 aromatic carbocycles. The summed E-state index contributed by atoms with van der Waals surface area (Å²) in [5, 5.41) is 2.60. The second kappa shape index (κ2) is 9.42. The summed E-state index contributed by atoms with van der Waals surface area (Å²) in [5.74, 6) is -0.274. The number of benzene rings is 2. The number of hydrogen-bond acceptors (Lipinski definition) is 7. The SMILES string of the molecule is COC(=O)c1cc(C2OC=CO2)c(OCc2ccccc2)cc1NC(=O)OC(C)(C)C. The van der Waals surface area contributed by atoms with E-state index in [9.17, 15) is 9.59 Å². The van der Waals surface area contributed by atoms with Gasteiger partial charge in [-0.3, -0.25) is 5.32 Å². The Bertz CT molecular complexity index is 956. The van der Waals surface area contributed by atoms with Crippen LogP contribution in [0.4, 0.5) is 10.5 Å². The lowest BCUT2D eigenvalue weighted by Crippen LogP contribution is -2.28. The summed E-state index contributed by atoms with van der Waals surface area (Å²) in [6.07, 6.45) is 1.28. The van der Waals surface area contributed by atoms with Crippen molar-refractivity contribution in [2.75, 3.05) is 12.4 Å². The number of hydrogen-bond donors (Lipinski definition) is 1. The lowest BCUT2D eigenvalue weighted by atomic mass is 10.1. The maximum absolute atomic E-state index is 12.4. The van der Waals surface area contributed by atoms with Gasteiger partial charge in [0.1, 0.15) is 30.5 Å². The molecule has 0 bridgehead atoms. The second-order valence-electron chi connectivity index (χ2n) is 7.70. The molecule has 164 valence electrons. The molecule has 0 atom stereocenters. The molecule has 1 amide bonds. The molecule has 0 aliphatic carbocycles. The molecule has 0 saturated heterocycles. The van der Waals surface area contributed by atoms with Crippen molar-refractivity contribution in [3.8, 4) is 5.75 Å². The van der Waals surface area contributed by atoms with E-state index in [1.54, 1.807) is 20.8 Å². The van der Waals surface area contributed by atoms with Gasteiger partial charge in [-0.15, -0.1) is 0 Å². The Morgan fingerprint density at radius 2 is 1.74 bits per heavy atom. The van der Waals surface area contributed by atoms with E-state index < -0.39 is 24.0 Å². The molecule has 8 nitrogen and oxygen atoms in total. The van der Waals surface area contributed by atoms with E-state index in [0.29, 0.717) is 11.3 Å². The van der Waals surface area contributed by atoms with Gasteiger partial charge in [0.15, 0.2) is 0 Å². The van der Waals surface area contributed by atoms with Crippen LogP contribution >= 0.6 is 0 Å². The average molecular weight is 427 g/mol. The van der Waals surface area contributed by atoms with Gasteiger partial charge < -0.3 is 23.7 Å². The Morgan fingerprint density at radius 3 is 2.35 bits per heavy atom. The van der Waals surface area contributed by atoms with Crippen LogP contribution in [-0.2, 0) is 25.6 Å². The number of carbonyl (C=O) groups excluding carboxylic acids is 2. The first-order chi connectivity index (χ1) is 14.8. The number of rotatable bonds is 6. The van der Waals surface area contributed by atoms with Crippen molar-refractivity contribution < 1.29 is 33.3 Å². The summed E-state index contributed by atoms with van der Waals surface area (Å²) in [6.45, 7) is 5.49. The molecule has 3 rings (SSSR count). The van der Waals surface area contributed by atoms with E-state index in [2.05, 4.69) is 5.32 Å². The standard InChI is InChI=1S/C23H25NO7/c1-23(2,3)31-22(26)24-18-13-19(30-14-15-8-6-5-7-9-15)17(21-28-10-11-29-21)12-16(18)20(25)27-4/h5-13,21H,14H2,1-4H3,(H,24,26). The normalized spacial score (nSPS) is 13.2. The van der Waals surface area contributed by atoms with Crippen molar-refractivity contribution in [2.45, 2.75) is 39.3 Å². The van der Waals surface area contributed by atoms with Crippen LogP contribution in [0.15, 0.2) is 55.0 Å². The van der Waals surface area contributed by atoms with Crippen LogP contribution in [0.1, 0.15) is 48.5 Å². The number of carbonyl (C=O) groups is 2. The first-order valence-corrected chi connectivity index (χ1v) is 9.66. The predicted molar refractivity (Wildman–Crippen MR) is 112 cm³/mol. The van der Waals surface area contributed by atoms with Crippen LogP contribution in [0.5, 0.6) is 5.75 Å². The first kappa shape index (κ1) is 22.0. The first-order valence-electron chi connectivity index (χ1n) is 9.66. The molecular formula is C23H25NO7. The molecule has 1 N–H and O–H groups in total. The molecule has 0 radical (unpaired) electrons. The van der Waals surface area contributed by atoms with Crippen molar-refractivity contribution in [1.82, 2.24) is 0 Å². The Balaban J connectivity index is 1.97. The molecule has 31 heavy (non-hydrogen) atoms. The van der Waals surface area contributed by atoms with Gasteiger partial charge in [-0.2, -0.15) is 0 Å². The van der Waals surface area contributed by atoms with Crippen LogP contribution in [0.3, 0.4) is 0 Å². The molecule has 0 aromatic heterocycles. The van der Waals surface area contributed by atoms with Gasteiger partial charge in [0.25, 0.3) is 6.29 Å². The smallest absolute Gasteiger partial charge is 0.412 e. The van der Waals surface area contributed by atoms with Crippen LogP contribution in [-0.4, -0.2) is 24.8 Å². The Kier molecular flexibility index (Phi) is 6.69. The summed E-state index contributed by atoms with van der Waals surface area (Å²) in [5.41, 5.74) is 0.988. The van der Waals surface area contributed by atoms with Crippen molar-refractivity contribution in [3.63, 3.8) is 0 Å². The van der Waals surface area contributed by atoms with Crippen molar-refractivity contribution in [1.29, 1.82) is 0 Å². The molecule has 2 aromatic rings. The van der Waals surface area contributed by atoms with Gasteiger partial charge in [0, 0.05) is 6.07 Å². The highest BCUT2D eigenvalue weighted by Crippen LogP contribution is 2.37. The van der Waals surface area contributed by atoms with Crippen molar-refractivity contribution in [3.05, 3.63) is 71.7 Å². The molecule has 0 saturated carbocycles. The van der Waals surface area contributed by atoms with Crippen LogP contribution in [0.25, 0.3) is 0 Å². The van der Waals surface area contributed by atoms with Gasteiger partial charge in [-0.25, -0.2) is 9.59 Å². The molecule has 8 heteroatoms. The molecular weight excluding hydrogens is 402 g/mol. The van der Waals surface area contributed by atoms with Gasteiger partial charge in [-0.1, -0.05) is 30.3 Å². The van der Waals surface area contributed by atoms with Gasteiger partial charge in [0.2, 0.25) is 0 Å². The van der Waals surface area contributed by atoms with Gasteiger partial charge in [0.05, 0.1) is 23.9 Å². The number of methoxy groups -OCH3 is 1. The summed E-state index contributed by atoms with van der Waals surface area (Å²) >= 11 is 0. The zero-order valence-electron chi connectivity index (χ0n) is 17.8. The average Bonchev–Trinajstić information content (AvgIpc) is 3.25. The third-order valence-electron chi connectivity index (χ3n) is 4.14. The fourth-order valence-corrected chi connectivity index (χ4v) is 2.82. The van der Waals surface area contributed by atoms with E-state index in [1.807, 2.05) is 30.3 Å². The number of nitrogens with one attached hydrogen (secondary N) is 1. The number of ether oxygens (including phenoxy) is 5. The molecule has 1 aliphatic heterocycles. The largest absolute Gasteiger partial charge is 0.488 e. The van der Waals surface area contributed by atoms with Crippen LogP contribution in [0.2, 0.25) is 0 Å². The van der Waals surface area contributed by atoms with Crippen molar-refractivity contribution in [2.24, 2.45) is 0 Å². The monoisotopic (exact) mass is 427 g/mol. The third-order valence-corrected chi connectivity index (χ3v) is 4.14. The lowest BCUT2D eigenvalue weighted by Gasteiger charge is -2.22. The van der Waals surface area contributed by atoms with E-state index in [4.69, 9.17) is 23.7 Å². The predicted octanol–water partition coefficient (Wildman–Crippen LogP) is 4.92. The summed E-state index contributed by atoms with van der Waals surface area (Å²) in [7, 11) is 1.25. The third kappa shape index (κ3) is 5.91. The summed E-state index contributed by atoms with van der Waals surface area (Å²) in [6, 6.07) is 12.6. The van der Waals surface area contributed by atoms with E-state index in [0.717, 1.165) is 5.56 Å². The molecule has 1 aliphatic rings. The Hall–Kier alpha value is -3.68. The fraction of sp³-hybridized carbons (Fsp3) is 0.304. The molecule has 1 heterocycles. The summed E-state index contributed by atoms with van der Waals surface area (Å²) in [4.78, 5) is 24.7. The maximum Gasteiger partial charge on any atom is 0.412 e. The second-order valence-corrected chi connectivity index (χ2v) is 7.70. The van der Waals surface area contributed by atoms with E-state index in [1.165, 1.54) is 31.8 Å². The molecule has 0 fully saturated rings. The quantitative estimate of drug-likeness (QED) is 0.655. The van der Waals surface area contributed by atoms with E-state index in [-0.39, 0.29) is 17.9 Å². The maximum atomic E-state index is 12.4. The van der Waals surface area contributed by atoms with Gasteiger partial charge >= 0.3 is 12.1 Å². The number of anilines is 1. The lowest BCUT2D eigenvalue weighted by molar-refractivity contribution is -0.0266. The Morgan fingerprint density at radius 1 is 1.06 bits per heavy atom. The van der Waals surface area contributed by atoms with Gasteiger partial charge in [-0.05, 0) is 32.4 Å². The highest BCUT2D eigenvalue weighted by atomic mass is 16.7.